The van der Waals surface area contributed by atoms with Gasteiger partial charge in [-0.2, -0.15) is 0 Å². The molecule has 2 amide bonds. The van der Waals surface area contributed by atoms with Gasteiger partial charge >= 0.3 is 0 Å². The molecule has 0 aliphatic carbocycles. The van der Waals surface area contributed by atoms with E-state index in [1.807, 2.05) is 68.4 Å². The Hall–Kier alpha value is -2.82. The van der Waals surface area contributed by atoms with Crippen LogP contribution in [-0.2, 0) is 16.0 Å². The molecule has 0 spiro atoms. The van der Waals surface area contributed by atoms with Crippen LogP contribution in [0.4, 0.5) is 11.4 Å². The fourth-order valence-corrected chi connectivity index (χ4v) is 2.44. The largest absolute Gasteiger partial charge is 0.378 e. The number of nitrogens with one attached hydrogen (secondary N) is 2. The average molecular weight is 339 g/mol. The molecule has 132 valence electrons. The normalized spacial score (nSPS) is 10.2. The summed E-state index contributed by atoms with van der Waals surface area (Å²) >= 11 is 0. The predicted molar refractivity (Wildman–Crippen MR) is 102 cm³/mol. The number of hydrogen-bond donors (Lipinski definition) is 2. The van der Waals surface area contributed by atoms with Gasteiger partial charge in [-0.1, -0.05) is 29.8 Å². The molecule has 0 aromatic heterocycles. The highest BCUT2D eigenvalue weighted by molar-refractivity contribution is 5.94. The van der Waals surface area contributed by atoms with E-state index in [2.05, 4.69) is 16.7 Å². The summed E-state index contributed by atoms with van der Waals surface area (Å²) in [5.74, 6) is -0.360. The van der Waals surface area contributed by atoms with Gasteiger partial charge < -0.3 is 15.5 Å². The highest BCUT2D eigenvalue weighted by Crippen LogP contribution is 2.15. The Balaban J connectivity index is 1.72. The number of nitrogens with zero attached hydrogens (tertiary/aromatic N) is 1. The first-order valence-electron chi connectivity index (χ1n) is 8.33. The molecule has 0 atom stereocenters. The van der Waals surface area contributed by atoms with Gasteiger partial charge in [0.05, 0.1) is 6.54 Å². The quantitative estimate of drug-likeness (QED) is 0.815. The highest BCUT2D eigenvalue weighted by atomic mass is 16.2. The van der Waals surface area contributed by atoms with Crippen LogP contribution in [0.15, 0.2) is 48.5 Å². The van der Waals surface area contributed by atoms with Crippen LogP contribution in [-0.4, -0.2) is 32.5 Å². The number of carbonyl (C=O) groups is 2. The molecule has 0 bridgehead atoms. The fraction of sp³-hybridized carbons (Fsp3) is 0.300. The second-order valence-electron chi connectivity index (χ2n) is 6.26. The third-order valence-electron chi connectivity index (χ3n) is 3.84. The molecule has 2 N–H and O–H groups in total. The third kappa shape index (κ3) is 6.30. The number of benzene rings is 2. The highest BCUT2D eigenvalue weighted by Gasteiger charge is 2.07. The second kappa shape index (κ2) is 8.87. The third-order valence-corrected chi connectivity index (χ3v) is 3.84. The van der Waals surface area contributed by atoms with Gasteiger partial charge in [-0.05, 0) is 43.2 Å². The van der Waals surface area contributed by atoms with Crippen molar-refractivity contribution in [2.75, 3.05) is 30.9 Å². The molecule has 25 heavy (non-hydrogen) atoms. The second-order valence-corrected chi connectivity index (χ2v) is 6.26. The Morgan fingerprint density at radius 1 is 1.00 bits per heavy atom. The van der Waals surface area contributed by atoms with Crippen LogP contribution in [0.1, 0.15) is 17.5 Å². The minimum absolute atomic E-state index is 0.0257. The molecule has 5 heteroatoms. The van der Waals surface area contributed by atoms with Gasteiger partial charge in [0.25, 0.3) is 0 Å². The summed E-state index contributed by atoms with van der Waals surface area (Å²) in [5.41, 5.74) is 4.07. The van der Waals surface area contributed by atoms with Crippen molar-refractivity contribution in [3.05, 3.63) is 59.7 Å². The monoisotopic (exact) mass is 339 g/mol. The molecular formula is C20H25N3O2. The van der Waals surface area contributed by atoms with Gasteiger partial charge in [0.1, 0.15) is 0 Å². The van der Waals surface area contributed by atoms with Crippen LogP contribution in [0.3, 0.4) is 0 Å². The Labute approximate surface area is 149 Å². The molecule has 0 saturated carbocycles. The molecule has 5 nitrogen and oxygen atoms in total. The number of carbonyl (C=O) groups excluding carboxylic acids is 2. The first-order chi connectivity index (χ1) is 11.9. The zero-order valence-electron chi connectivity index (χ0n) is 15.0. The van der Waals surface area contributed by atoms with Crippen molar-refractivity contribution in [3.63, 3.8) is 0 Å². The summed E-state index contributed by atoms with van der Waals surface area (Å²) in [7, 11) is 3.92. The van der Waals surface area contributed by atoms with Gasteiger partial charge in [-0.3, -0.25) is 9.59 Å². The van der Waals surface area contributed by atoms with Crippen LogP contribution in [0.25, 0.3) is 0 Å². The van der Waals surface area contributed by atoms with E-state index in [1.54, 1.807) is 0 Å². The lowest BCUT2D eigenvalue weighted by Gasteiger charge is -2.13. The van der Waals surface area contributed by atoms with Crippen LogP contribution >= 0.6 is 0 Å². The SMILES string of the molecule is Cc1cccc(CCC(=O)NCC(=O)Nc2ccc(N(C)C)cc2)c1. The van der Waals surface area contributed by atoms with Crippen LogP contribution in [0.2, 0.25) is 0 Å². The molecule has 0 aliphatic rings. The molecule has 0 radical (unpaired) electrons. The van der Waals surface area contributed by atoms with Crippen molar-refractivity contribution < 1.29 is 9.59 Å². The molecule has 0 aliphatic heterocycles. The van der Waals surface area contributed by atoms with Gasteiger partial charge in [0.15, 0.2) is 0 Å². The zero-order chi connectivity index (χ0) is 18.2. The number of anilines is 2. The van der Waals surface area contributed by atoms with E-state index < -0.39 is 0 Å². The Kier molecular flexibility index (Phi) is 6.57. The van der Waals surface area contributed by atoms with E-state index >= 15 is 0 Å². The Bertz CT molecular complexity index is 724. The topological polar surface area (TPSA) is 61.4 Å². The maximum Gasteiger partial charge on any atom is 0.243 e. The van der Waals surface area contributed by atoms with E-state index in [0.717, 1.165) is 11.3 Å². The average Bonchev–Trinajstić information content (AvgIpc) is 2.58. The summed E-state index contributed by atoms with van der Waals surface area (Å²) in [6.45, 7) is 2.00. The summed E-state index contributed by atoms with van der Waals surface area (Å²) in [5, 5.41) is 5.43. The first kappa shape index (κ1) is 18.5. The first-order valence-corrected chi connectivity index (χ1v) is 8.33. The summed E-state index contributed by atoms with van der Waals surface area (Å²) in [6, 6.07) is 15.6. The van der Waals surface area contributed by atoms with Crippen LogP contribution in [0, 0.1) is 6.92 Å². The van der Waals surface area contributed by atoms with E-state index in [1.165, 1.54) is 5.56 Å². The smallest absolute Gasteiger partial charge is 0.243 e. The molecule has 0 saturated heterocycles. The number of amides is 2. The molecule has 0 heterocycles. The standard InChI is InChI=1S/C20H25N3O2/c1-15-5-4-6-16(13-15)7-12-19(24)21-14-20(25)22-17-8-10-18(11-9-17)23(2)3/h4-6,8-11,13H,7,12,14H2,1-3H3,(H,21,24)(H,22,25). The Morgan fingerprint density at radius 3 is 2.36 bits per heavy atom. The maximum absolute atomic E-state index is 11.9. The minimum atomic E-state index is -0.235. The van der Waals surface area contributed by atoms with Crippen molar-refractivity contribution in [2.24, 2.45) is 0 Å². The van der Waals surface area contributed by atoms with Gasteiger partial charge in [-0.25, -0.2) is 0 Å². The number of rotatable bonds is 7. The van der Waals surface area contributed by atoms with Gasteiger partial charge in [0.2, 0.25) is 11.8 Å². The van der Waals surface area contributed by atoms with Gasteiger partial charge in [-0.15, -0.1) is 0 Å². The van der Waals surface area contributed by atoms with E-state index in [0.29, 0.717) is 18.5 Å². The number of hydrogen-bond acceptors (Lipinski definition) is 3. The zero-order valence-corrected chi connectivity index (χ0v) is 15.0. The molecule has 2 aromatic carbocycles. The lowest BCUT2D eigenvalue weighted by molar-refractivity contribution is -0.124. The molecule has 0 fully saturated rings. The summed E-state index contributed by atoms with van der Waals surface area (Å²) < 4.78 is 0. The van der Waals surface area contributed by atoms with Crippen molar-refractivity contribution in [1.29, 1.82) is 0 Å². The molecular weight excluding hydrogens is 314 g/mol. The minimum Gasteiger partial charge on any atom is -0.378 e. The molecule has 2 rings (SSSR count). The van der Waals surface area contributed by atoms with E-state index in [-0.39, 0.29) is 18.4 Å². The number of aryl methyl sites for hydroxylation is 2. The predicted octanol–water partition coefficient (Wildman–Crippen LogP) is 2.75. The Morgan fingerprint density at radius 2 is 1.72 bits per heavy atom. The summed E-state index contributed by atoms with van der Waals surface area (Å²) in [4.78, 5) is 25.8. The fourth-order valence-electron chi connectivity index (χ4n) is 2.44. The lowest BCUT2D eigenvalue weighted by Crippen LogP contribution is -2.32. The van der Waals surface area contributed by atoms with Crippen molar-refractivity contribution >= 4 is 23.2 Å². The lowest BCUT2D eigenvalue weighted by atomic mass is 10.1. The van der Waals surface area contributed by atoms with Crippen molar-refractivity contribution in [2.45, 2.75) is 19.8 Å². The summed E-state index contributed by atoms with van der Waals surface area (Å²) in [6.07, 6.45) is 1.04. The molecule has 2 aromatic rings. The van der Waals surface area contributed by atoms with E-state index in [9.17, 15) is 9.59 Å². The maximum atomic E-state index is 11.9. The van der Waals surface area contributed by atoms with Crippen LogP contribution < -0.4 is 15.5 Å². The van der Waals surface area contributed by atoms with E-state index in [4.69, 9.17) is 0 Å². The van der Waals surface area contributed by atoms with Crippen LogP contribution in [0.5, 0.6) is 0 Å². The van der Waals surface area contributed by atoms with Crippen molar-refractivity contribution in [3.8, 4) is 0 Å². The van der Waals surface area contributed by atoms with Crippen molar-refractivity contribution in [1.82, 2.24) is 5.32 Å². The van der Waals surface area contributed by atoms with Gasteiger partial charge in [0, 0.05) is 31.9 Å². The molecule has 0 unspecified atom stereocenters.